The highest BCUT2D eigenvalue weighted by atomic mass is 32.2. The van der Waals surface area contributed by atoms with E-state index in [1.54, 1.807) is 12.1 Å². The van der Waals surface area contributed by atoms with Gasteiger partial charge in [-0.2, -0.15) is 0 Å². The minimum Gasteiger partial charge on any atom is -0.316 e. The molecule has 0 aromatic heterocycles. The van der Waals surface area contributed by atoms with Crippen LogP contribution in [0.2, 0.25) is 0 Å². The van der Waals surface area contributed by atoms with Crippen LogP contribution in [0.25, 0.3) is 0 Å². The van der Waals surface area contributed by atoms with Gasteiger partial charge in [-0.15, -0.1) is 0 Å². The molecule has 0 amide bonds. The van der Waals surface area contributed by atoms with Gasteiger partial charge in [-0.1, -0.05) is 12.1 Å². The summed E-state index contributed by atoms with van der Waals surface area (Å²) in [6.07, 6.45) is 1.07. The normalized spacial score (nSPS) is 18.5. The van der Waals surface area contributed by atoms with Crippen LogP contribution in [0.3, 0.4) is 0 Å². The Hall–Kier alpha value is -1.72. The molecule has 22 heavy (non-hydrogen) atoms. The first-order valence-electron chi connectivity index (χ1n) is 7.30. The van der Waals surface area contributed by atoms with E-state index in [0.717, 1.165) is 31.1 Å². The molecule has 1 fully saturated rings. The average molecular weight is 319 g/mol. The molecule has 1 heterocycles. The molecule has 0 spiro atoms. The van der Waals surface area contributed by atoms with Crippen molar-refractivity contribution in [3.05, 3.63) is 59.4 Å². The fraction of sp³-hybridized carbons (Fsp3) is 0.294. The molecule has 0 saturated carbocycles. The number of halogens is 1. The van der Waals surface area contributed by atoms with Crippen molar-refractivity contribution in [1.82, 2.24) is 5.32 Å². The lowest BCUT2D eigenvalue weighted by Crippen LogP contribution is -2.09. The summed E-state index contributed by atoms with van der Waals surface area (Å²) in [4.78, 5) is 0.201. The van der Waals surface area contributed by atoms with E-state index in [2.05, 4.69) is 5.32 Å². The molecular weight excluding hydrogens is 301 g/mol. The Morgan fingerprint density at radius 1 is 1.14 bits per heavy atom. The van der Waals surface area contributed by atoms with Gasteiger partial charge in [-0.25, -0.2) is 12.8 Å². The Bertz CT molecular complexity index is 796. The summed E-state index contributed by atoms with van der Waals surface area (Å²) >= 11 is 0. The molecule has 0 radical (unpaired) electrons. The van der Waals surface area contributed by atoms with E-state index in [9.17, 15) is 12.8 Å². The highest BCUT2D eigenvalue weighted by molar-refractivity contribution is 7.91. The van der Waals surface area contributed by atoms with Gasteiger partial charge in [0.15, 0.2) is 0 Å². The minimum absolute atomic E-state index is 0.0119. The molecule has 0 unspecified atom stereocenters. The molecule has 3 rings (SSSR count). The predicted octanol–water partition coefficient (Wildman–Crippen LogP) is 3.04. The first-order chi connectivity index (χ1) is 10.5. The van der Waals surface area contributed by atoms with Crippen LogP contribution in [-0.4, -0.2) is 21.5 Å². The summed E-state index contributed by atoms with van der Waals surface area (Å²) in [7, 11) is -3.68. The van der Waals surface area contributed by atoms with E-state index < -0.39 is 15.7 Å². The first-order valence-corrected chi connectivity index (χ1v) is 8.79. The molecule has 2 aromatic rings. The number of rotatable bonds is 3. The molecule has 1 atom stereocenters. The van der Waals surface area contributed by atoms with Crippen molar-refractivity contribution < 1.29 is 12.8 Å². The van der Waals surface area contributed by atoms with Crippen molar-refractivity contribution in [2.45, 2.75) is 29.1 Å². The van der Waals surface area contributed by atoms with Crippen molar-refractivity contribution in [1.29, 1.82) is 0 Å². The van der Waals surface area contributed by atoms with Crippen molar-refractivity contribution >= 4 is 9.84 Å². The summed E-state index contributed by atoms with van der Waals surface area (Å²) in [5.41, 5.74) is 2.15. The first kappa shape index (κ1) is 15.2. The molecule has 3 nitrogen and oxygen atoms in total. The van der Waals surface area contributed by atoms with E-state index in [1.165, 1.54) is 23.8 Å². The zero-order valence-electron chi connectivity index (χ0n) is 12.3. The number of hydrogen-bond donors (Lipinski definition) is 1. The Morgan fingerprint density at radius 2 is 1.91 bits per heavy atom. The lowest BCUT2D eigenvalue weighted by molar-refractivity contribution is 0.590. The van der Waals surface area contributed by atoms with Gasteiger partial charge in [0.1, 0.15) is 5.82 Å². The zero-order chi connectivity index (χ0) is 15.7. The average Bonchev–Trinajstić information content (AvgIpc) is 3.01. The number of nitrogens with one attached hydrogen (secondary N) is 1. The molecular formula is C17H18FNO2S. The lowest BCUT2D eigenvalue weighted by atomic mass is 9.94. The maximum Gasteiger partial charge on any atom is 0.206 e. The summed E-state index contributed by atoms with van der Waals surface area (Å²) in [6, 6.07) is 10.3. The highest BCUT2D eigenvalue weighted by Crippen LogP contribution is 2.29. The topological polar surface area (TPSA) is 46.2 Å². The molecule has 0 bridgehead atoms. The third kappa shape index (κ3) is 2.78. The fourth-order valence-electron chi connectivity index (χ4n) is 2.96. The number of hydrogen-bond acceptors (Lipinski definition) is 3. The summed E-state index contributed by atoms with van der Waals surface area (Å²) < 4.78 is 38.5. The molecule has 116 valence electrons. The minimum atomic E-state index is -3.68. The quantitative estimate of drug-likeness (QED) is 0.946. The Morgan fingerprint density at radius 3 is 2.55 bits per heavy atom. The van der Waals surface area contributed by atoms with Crippen LogP contribution >= 0.6 is 0 Å². The standard InChI is InChI=1S/C17H18FNO2S/c1-12-9-16(5-6-17(12)13-7-8-19-11-13)22(20,21)15-4-2-3-14(18)10-15/h2-6,9-10,13,19H,7-8,11H2,1H3/t13-/m0/s1. The van der Waals surface area contributed by atoms with Crippen molar-refractivity contribution in [2.75, 3.05) is 13.1 Å². The molecule has 2 aromatic carbocycles. The van der Waals surface area contributed by atoms with Gasteiger partial charge in [0, 0.05) is 6.54 Å². The largest absolute Gasteiger partial charge is 0.316 e. The molecule has 1 saturated heterocycles. The van der Waals surface area contributed by atoms with Crippen LogP contribution in [0.1, 0.15) is 23.5 Å². The fourth-order valence-corrected chi connectivity index (χ4v) is 4.34. The van der Waals surface area contributed by atoms with Crippen molar-refractivity contribution in [3.63, 3.8) is 0 Å². The van der Waals surface area contributed by atoms with E-state index in [1.807, 2.05) is 13.0 Å². The number of sulfone groups is 1. The van der Waals surface area contributed by atoms with E-state index >= 15 is 0 Å². The second-order valence-electron chi connectivity index (χ2n) is 5.67. The summed E-state index contributed by atoms with van der Waals surface area (Å²) in [6.45, 7) is 3.85. The third-order valence-electron chi connectivity index (χ3n) is 4.16. The van der Waals surface area contributed by atoms with Crippen LogP contribution in [0, 0.1) is 12.7 Å². The van der Waals surface area contributed by atoms with Gasteiger partial charge in [0.25, 0.3) is 0 Å². The van der Waals surface area contributed by atoms with E-state index in [4.69, 9.17) is 0 Å². The molecule has 5 heteroatoms. The Kier molecular flexibility index (Phi) is 4.02. The third-order valence-corrected chi connectivity index (χ3v) is 5.91. The van der Waals surface area contributed by atoms with Crippen LogP contribution in [-0.2, 0) is 9.84 Å². The van der Waals surface area contributed by atoms with Gasteiger partial charge < -0.3 is 5.32 Å². The second-order valence-corrected chi connectivity index (χ2v) is 7.62. The van der Waals surface area contributed by atoms with E-state index in [0.29, 0.717) is 5.92 Å². The molecule has 1 aliphatic rings. The van der Waals surface area contributed by atoms with Gasteiger partial charge in [-0.3, -0.25) is 0 Å². The van der Waals surface area contributed by atoms with Gasteiger partial charge >= 0.3 is 0 Å². The van der Waals surface area contributed by atoms with Crippen molar-refractivity contribution in [2.24, 2.45) is 0 Å². The monoisotopic (exact) mass is 319 g/mol. The summed E-state index contributed by atoms with van der Waals surface area (Å²) in [5, 5.41) is 3.32. The van der Waals surface area contributed by atoms with Crippen LogP contribution in [0.5, 0.6) is 0 Å². The van der Waals surface area contributed by atoms with Crippen LogP contribution in [0.4, 0.5) is 4.39 Å². The zero-order valence-corrected chi connectivity index (χ0v) is 13.2. The smallest absolute Gasteiger partial charge is 0.206 e. The predicted molar refractivity (Wildman–Crippen MR) is 83.3 cm³/mol. The van der Waals surface area contributed by atoms with Gasteiger partial charge in [-0.05, 0) is 67.3 Å². The second kappa shape index (κ2) is 5.82. The summed E-state index contributed by atoms with van der Waals surface area (Å²) in [5.74, 6) is -0.114. The Balaban J connectivity index is 1.99. The number of benzene rings is 2. The Labute approximate surface area is 130 Å². The van der Waals surface area contributed by atoms with Crippen LogP contribution < -0.4 is 5.32 Å². The lowest BCUT2D eigenvalue weighted by Gasteiger charge is -2.14. The van der Waals surface area contributed by atoms with E-state index in [-0.39, 0.29) is 9.79 Å². The van der Waals surface area contributed by atoms with Gasteiger partial charge in [0.2, 0.25) is 9.84 Å². The highest BCUT2D eigenvalue weighted by Gasteiger charge is 2.22. The molecule has 0 aliphatic carbocycles. The maximum atomic E-state index is 13.3. The number of aryl methyl sites for hydroxylation is 1. The van der Waals surface area contributed by atoms with Crippen molar-refractivity contribution in [3.8, 4) is 0 Å². The van der Waals surface area contributed by atoms with Gasteiger partial charge in [0.05, 0.1) is 9.79 Å². The SMILES string of the molecule is Cc1cc(S(=O)(=O)c2cccc(F)c2)ccc1[C@H]1CCNC1. The molecule has 1 N–H and O–H groups in total. The van der Waals surface area contributed by atoms with Crippen LogP contribution in [0.15, 0.2) is 52.3 Å². The molecule has 1 aliphatic heterocycles. The maximum absolute atomic E-state index is 13.3.